The van der Waals surface area contributed by atoms with E-state index < -0.39 is 5.92 Å². The van der Waals surface area contributed by atoms with Crippen LogP contribution in [0, 0.1) is 6.92 Å². The molecule has 4 rings (SSSR count). The highest BCUT2D eigenvalue weighted by Crippen LogP contribution is 2.46. The van der Waals surface area contributed by atoms with Crippen LogP contribution in [0.4, 0.5) is 0 Å². The standard InChI is InChI=1S/C33H38N2O3S/c1-7-12-25-28(38-21-24-16-15-22(3)20-34-24)18-17-27-29(25)31(39-33(4,5)6)30(35-27)26(32(36)37-8-2)19-23-13-10-9-11-14-23/h7,9-11,13-18,20,26,35H,1,8,12,19,21H2,2-6H3. The Labute approximate surface area is 236 Å². The molecule has 0 saturated heterocycles. The number of pyridine rings is 1. The van der Waals surface area contributed by atoms with Crippen LogP contribution < -0.4 is 4.74 Å². The molecule has 1 atom stereocenters. The first-order chi connectivity index (χ1) is 18.7. The molecule has 0 aliphatic rings. The average Bonchev–Trinajstić information content (AvgIpc) is 3.25. The van der Waals surface area contributed by atoms with Crippen molar-refractivity contribution in [3.63, 3.8) is 0 Å². The van der Waals surface area contributed by atoms with E-state index in [4.69, 9.17) is 9.47 Å². The number of thioether (sulfide) groups is 1. The maximum Gasteiger partial charge on any atom is 0.315 e. The van der Waals surface area contributed by atoms with E-state index in [0.29, 0.717) is 26.1 Å². The summed E-state index contributed by atoms with van der Waals surface area (Å²) in [5.41, 5.74) is 5.97. The van der Waals surface area contributed by atoms with Crippen molar-refractivity contribution in [3.05, 3.63) is 102 Å². The summed E-state index contributed by atoms with van der Waals surface area (Å²) in [7, 11) is 0. The molecule has 39 heavy (non-hydrogen) atoms. The van der Waals surface area contributed by atoms with Gasteiger partial charge in [-0.05, 0) is 56.0 Å². The van der Waals surface area contributed by atoms with Crippen molar-refractivity contribution in [2.45, 2.75) is 69.6 Å². The fourth-order valence-corrected chi connectivity index (χ4v) is 5.85. The third-order valence-electron chi connectivity index (χ3n) is 6.32. The first kappa shape index (κ1) is 28.5. The number of hydrogen-bond donors (Lipinski definition) is 1. The third-order valence-corrected chi connectivity index (χ3v) is 7.56. The first-order valence-electron chi connectivity index (χ1n) is 13.4. The SMILES string of the molecule is C=CCc1c(OCc2ccc(C)cn2)ccc2[nH]c(C(Cc3ccccc3)C(=O)OCC)c(SC(C)(C)C)c12. The van der Waals surface area contributed by atoms with Crippen LogP contribution in [0.3, 0.4) is 0 Å². The molecule has 4 aromatic rings. The Kier molecular flexibility index (Phi) is 9.18. The molecule has 6 heteroatoms. The van der Waals surface area contributed by atoms with Gasteiger partial charge in [0.05, 0.1) is 12.3 Å². The second-order valence-electron chi connectivity index (χ2n) is 10.6. The smallest absolute Gasteiger partial charge is 0.315 e. The number of aryl methyl sites for hydroxylation is 1. The van der Waals surface area contributed by atoms with Gasteiger partial charge in [0.1, 0.15) is 18.3 Å². The molecule has 204 valence electrons. The minimum Gasteiger partial charge on any atom is -0.487 e. The van der Waals surface area contributed by atoms with E-state index in [1.165, 1.54) is 0 Å². The molecule has 2 aromatic carbocycles. The van der Waals surface area contributed by atoms with Crippen molar-refractivity contribution in [1.82, 2.24) is 9.97 Å². The number of ether oxygens (including phenoxy) is 2. The second kappa shape index (κ2) is 12.6. The van der Waals surface area contributed by atoms with Crippen molar-refractivity contribution < 1.29 is 14.3 Å². The maximum absolute atomic E-state index is 13.4. The Morgan fingerprint density at radius 1 is 1.13 bits per heavy atom. The molecule has 0 amide bonds. The van der Waals surface area contributed by atoms with Gasteiger partial charge in [-0.3, -0.25) is 9.78 Å². The topological polar surface area (TPSA) is 64.2 Å². The minimum absolute atomic E-state index is 0.0933. The van der Waals surface area contributed by atoms with Gasteiger partial charge in [-0.2, -0.15) is 0 Å². The zero-order chi connectivity index (χ0) is 28.0. The lowest BCUT2D eigenvalue weighted by Crippen LogP contribution is -2.20. The summed E-state index contributed by atoms with van der Waals surface area (Å²) in [4.78, 5) is 22.6. The Morgan fingerprint density at radius 2 is 1.90 bits per heavy atom. The number of carbonyl (C=O) groups is 1. The Morgan fingerprint density at radius 3 is 2.54 bits per heavy atom. The summed E-state index contributed by atoms with van der Waals surface area (Å²) in [5.74, 6) is 0.0972. The highest BCUT2D eigenvalue weighted by atomic mass is 32.2. The van der Waals surface area contributed by atoms with Crippen LogP contribution in [0.15, 0.2) is 78.3 Å². The van der Waals surface area contributed by atoms with E-state index in [-0.39, 0.29) is 10.7 Å². The molecule has 0 saturated carbocycles. The van der Waals surface area contributed by atoms with Gasteiger partial charge >= 0.3 is 5.97 Å². The number of H-pyrrole nitrogens is 1. The third kappa shape index (κ3) is 7.12. The molecule has 0 radical (unpaired) electrons. The number of nitrogens with one attached hydrogen (secondary N) is 1. The van der Waals surface area contributed by atoms with Crippen LogP contribution in [-0.2, 0) is 29.0 Å². The molecule has 2 aromatic heterocycles. The molecule has 0 aliphatic carbocycles. The van der Waals surface area contributed by atoms with E-state index in [0.717, 1.165) is 49.6 Å². The molecular formula is C33H38N2O3S. The molecule has 1 unspecified atom stereocenters. The quantitative estimate of drug-likeness (QED) is 0.118. The summed E-state index contributed by atoms with van der Waals surface area (Å²) >= 11 is 1.76. The van der Waals surface area contributed by atoms with Crippen molar-refractivity contribution in [2.75, 3.05) is 6.61 Å². The zero-order valence-corrected chi connectivity index (χ0v) is 24.4. The van der Waals surface area contributed by atoms with Crippen LogP contribution in [0.1, 0.15) is 61.7 Å². The predicted molar refractivity (Wildman–Crippen MR) is 161 cm³/mol. The number of carbonyl (C=O) groups excluding carboxylic acids is 1. The van der Waals surface area contributed by atoms with E-state index in [1.54, 1.807) is 11.8 Å². The number of allylic oxidation sites excluding steroid dienone is 1. The van der Waals surface area contributed by atoms with Gasteiger partial charge in [0.15, 0.2) is 0 Å². The minimum atomic E-state index is -0.470. The summed E-state index contributed by atoms with van der Waals surface area (Å²) in [6, 6.07) is 18.2. The van der Waals surface area contributed by atoms with Crippen LogP contribution >= 0.6 is 11.8 Å². The molecule has 0 fully saturated rings. The lowest BCUT2D eigenvalue weighted by Gasteiger charge is -2.22. The first-order valence-corrected chi connectivity index (χ1v) is 14.2. The molecular weight excluding hydrogens is 504 g/mol. The van der Waals surface area contributed by atoms with E-state index >= 15 is 0 Å². The molecule has 0 bridgehead atoms. The van der Waals surface area contributed by atoms with Gasteiger partial charge in [0.2, 0.25) is 0 Å². The number of nitrogens with zero attached hydrogens (tertiary/aromatic N) is 1. The highest BCUT2D eigenvalue weighted by Gasteiger charge is 2.31. The number of rotatable bonds is 11. The van der Waals surface area contributed by atoms with E-state index in [2.05, 4.69) is 49.5 Å². The zero-order valence-electron chi connectivity index (χ0n) is 23.5. The Hall–Kier alpha value is -3.51. The molecule has 2 heterocycles. The summed E-state index contributed by atoms with van der Waals surface area (Å²) < 4.78 is 11.8. The lowest BCUT2D eigenvalue weighted by atomic mass is 9.95. The van der Waals surface area contributed by atoms with Crippen LogP contribution in [-0.4, -0.2) is 27.3 Å². The van der Waals surface area contributed by atoms with Crippen LogP contribution in [0.25, 0.3) is 10.9 Å². The molecule has 1 N–H and O–H groups in total. The molecule has 5 nitrogen and oxygen atoms in total. The number of esters is 1. The van der Waals surface area contributed by atoms with Crippen LogP contribution in [0.5, 0.6) is 5.75 Å². The van der Waals surface area contributed by atoms with Gasteiger partial charge in [0.25, 0.3) is 0 Å². The average molecular weight is 543 g/mol. The second-order valence-corrected chi connectivity index (χ2v) is 12.5. The van der Waals surface area contributed by atoms with Crippen molar-refractivity contribution in [1.29, 1.82) is 0 Å². The molecule has 0 spiro atoms. The number of fused-ring (bicyclic) bond motifs is 1. The normalized spacial score (nSPS) is 12.3. The van der Waals surface area contributed by atoms with Gasteiger partial charge in [0, 0.05) is 38.0 Å². The monoisotopic (exact) mass is 542 g/mol. The van der Waals surface area contributed by atoms with Crippen LogP contribution in [0.2, 0.25) is 0 Å². The summed E-state index contributed by atoms with van der Waals surface area (Å²) in [6.07, 6.45) is 4.93. The van der Waals surface area contributed by atoms with Gasteiger partial charge < -0.3 is 14.5 Å². The maximum atomic E-state index is 13.4. The fourth-order valence-electron chi connectivity index (χ4n) is 4.60. The van der Waals surface area contributed by atoms with Crippen molar-refractivity contribution in [2.24, 2.45) is 0 Å². The van der Waals surface area contributed by atoms with Crippen molar-refractivity contribution in [3.8, 4) is 5.75 Å². The summed E-state index contributed by atoms with van der Waals surface area (Å²) in [5, 5.41) is 1.07. The van der Waals surface area contributed by atoms with Gasteiger partial charge in [-0.15, -0.1) is 18.3 Å². The number of aromatic nitrogens is 2. The highest BCUT2D eigenvalue weighted by molar-refractivity contribution is 8.00. The Balaban J connectivity index is 1.85. The van der Waals surface area contributed by atoms with Crippen molar-refractivity contribution >= 4 is 28.6 Å². The predicted octanol–water partition coefficient (Wildman–Crippen LogP) is 7.96. The fraction of sp³-hybridized carbons (Fsp3) is 0.333. The van der Waals surface area contributed by atoms with E-state index in [1.807, 2.05) is 68.6 Å². The van der Waals surface area contributed by atoms with E-state index in [9.17, 15) is 4.79 Å². The largest absolute Gasteiger partial charge is 0.487 e. The summed E-state index contributed by atoms with van der Waals surface area (Å²) in [6.45, 7) is 15.2. The number of benzene rings is 2. The molecule has 0 aliphatic heterocycles. The lowest BCUT2D eigenvalue weighted by molar-refractivity contribution is -0.145. The number of hydrogen-bond acceptors (Lipinski definition) is 5. The number of aromatic amines is 1. The van der Waals surface area contributed by atoms with Gasteiger partial charge in [-0.25, -0.2) is 0 Å². The Bertz CT molecular complexity index is 1420. The van der Waals surface area contributed by atoms with Gasteiger partial charge in [-0.1, -0.05) is 63.2 Å².